The van der Waals surface area contributed by atoms with Gasteiger partial charge < -0.3 is 0 Å². The quantitative estimate of drug-likeness (QED) is 0.544. The summed E-state index contributed by atoms with van der Waals surface area (Å²) in [6.45, 7) is 7.19. The Morgan fingerprint density at radius 1 is 1.24 bits per heavy atom. The Hall–Kier alpha value is 0.194. The fourth-order valence-electron chi connectivity index (χ4n) is 4.10. The van der Waals surface area contributed by atoms with Gasteiger partial charge in [-0.15, -0.1) is 0 Å². The minimum absolute atomic E-state index is 0.766. The predicted molar refractivity (Wildman–Crippen MR) is 74.4 cm³/mol. The monoisotopic (exact) mass is 268 g/mol. The number of hydrogen-bond acceptors (Lipinski definition) is 0. The van der Waals surface area contributed by atoms with E-state index in [1.165, 1.54) is 25.7 Å². The molecule has 2 unspecified atom stereocenters. The van der Waals surface area contributed by atoms with Crippen molar-refractivity contribution in [3.8, 4) is 0 Å². The Morgan fingerprint density at radius 3 is 2.41 bits per heavy atom. The molecular formula is C16H28Ti. The molecule has 0 N–H and O–H groups in total. The number of rotatable bonds is 2. The van der Waals surface area contributed by atoms with Crippen molar-refractivity contribution in [1.82, 2.24) is 0 Å². The van der Waals surface area contributed by atoms with Crippen molar-refractivity contribution in [3.05, 3.63) is 22.3 Å². The van der Waals surface area contributed by atoms with Gasteiger partial charge in [-0.25, -0.2) is 0 Å². The van der Waals surface area contributed by atoms with Gasteiger partial charge >= 0.3 is 111 Å². The topological polar surface area (TPSA) is 0 Å². The van der Waals surface area contributed by atoms with Crippen LogP contribution in [0, 0.1) is 5.92 Å². The summed E-state index contributed by atoms with van der Waals surface area (Å²) in [4.78, 5) is 0. The van der Waals surface area contributed by atoms with Gasteiger partial charge in [-0.1, -0.05) is 0 Å². The minimum atomic E-state index is -1.56. The Bertz CT molecular complexity index is 379. The summed E-state index contributed by atoms with van der Waals surface area (Å²) in [7, 11) is 0. The summed E-state index contributed by atoms with van der Waals surface area (Å²) in [5, 5.41) is 7.80. The molecule has 2 aliphatic carbocycles. The van der Waals surface area contributed by atoms with Crippen LogP contribution in [-0.2, 0) is 16.6 Å². The normalized spacial score (nSPS) is 30.0. The van der Waals surface area contributed by atoms with Crippen LogP contribution < -0.4 is 0 Å². The van der Waals surface area contributed by atoms with Gasteiger partial charge in [0.25, 0.3) is 0 Å². The van der Waals surface area contributed by atoms with Crippen molar-refractivity contribution < 1.29 is 16.6 Å². The first kappa shape index (κ1) is 13.6. The van der Waals surface area contributed by atoms with Crippen molar-refractivity contribution in [3.63, 3.8) is 0 Å². The summed E-state index contributed by atoms with van der Waals surface area (Å²) in [6, 6.07) is 0. The third-order valence-corrected chi connectivity index (χ3v) is 9.16. The number of hydrogen-bond donors (Lipinski definition) is 0. The molecule has 0 nitrogen and oxygen atoms in total. The van der Waals surface area contributed by atoms with Crippen LogP contribution in [0.1, 0.15) is 46.5 Å². The van der Waals surface area contributed by atoms with Crippen LogP contribution >= 0.6 is 0 Å². The fraction of sp³-hybridized carbons (Fsp3) is 0.750. The van der Waals surface area contributed by atoms with Crippen molar-refractivity contribution in [2.75, 3.05) is 0 Å². The van der Waals surface area contributed by atoms with E-state index in [0.29, 0.717) is 0 Å². The van der Waals surface area contributed by atoms with E-state index in [1.54, 1.807) is 11.1 Å². The first-order valence-corrected chi connectivity index (χ1v) is 12.9. The maximum atomic E-state index is 2.60. The molecule has 1 heteroatoms. The molecule has 0 saturated heterocycles. The third kappa shape index (κ3) is 2.24. The van der Waals surface area contributed by atoms with E-state index in [0.717, 1.165) is 10.1 Å². The molecule has 0 aliphatic heterocycles. The van der Waals surface area contributed by atoms with E-state index in [9.17, 15) is 0 Å². The Balaban J connectivity index is 2.46. The fourth-order valence-corrected chi connectivity index (χ4v) is 7.75. The van der Waals surface area contributed by atoms with Crippen molar-refractivity contribution in [2.45, 2.75) is 66.4 Å². The van der Waals surface area contributed by atoms with E-state index in [1.807, 2.05) is 11.1 Å². The summed E-state index contributed by atoms with van der Waals surface area (Å²) >= 11 is -1.56. The van der Waals surface area contributed by atoms with E-state index < -0.39 is 16.6 Å². The molecule has 0 radical (unpaired) electrons. The van der Waals surface area contributed by atoms with Crippen LogP contribution in [-0.4, -0.2) is 0 Å². The van der Waals surface area contributed by atoms with Crippen molar-refractivity contribution in [1.29, 1.82) is 0 Å². The second-order valence-electron chi connectivity index (χ2n) is 6.98. The molecule has 0 amide bonds. The standard InChI is InChI=1S/C13H19.3CH3.Ti/c1-4-11-9(2)12-7-5-6-8-13(12)10(11)3;;;;/h7,10H,4-6,8H2,1-3H3;3*1H3;. The molecule has 0 spiro atoms. The zero-order valence-corrected chi connectivity index (χ0v) is 14.0. The third-order valence-electron chi connectivity index (χ3n) is 4.99. The molecule has 0 heterocycles. The zero-order valence-electron chi connectivity index (χ0n) is 12.5. The molecule has 0 fully saturated rings. The van der Waals surface area contributed by atoms with Crippen LogP contribution in [0.15, 0.2) is 22.3 Å². The SMILES string of the molecule is CCC1=C(C)C2=C(CCC[CH]2[Ti]([CH3])([CH3])[CH3])C1C. The molecule has 0 saturated carbocycles. The van der Waals surface area contributed by atoms with Gasteiger partial charge in [-0.2, -0.15) is 0 Å². The summed E-state index contributed by atoms with van der Waals surface area (Å²) in [5.74, 6) is 0.766. The average molecular weight is 268 g/mol. The molecule has 2 atom stereocenters. The summed E-state index contributed by atoms with van der Waals surface area (Å²) < 4.78 is 0.977. The number of allylic oxidation sites excluding steroid dienone is 4. The zero-order chi connectivity index (χ0) is 12.8. The van der Waals surface area contributed by atoms with Crippen molar-refractivity contribution >= 4 is 0 Å². The maximum absolute atomic E-state index is 2.60. The molecular weight excluding hydrogens is 240 g/mol. The van der Waals surface area contributed by atoms with Gasteiger partial charge in [0.2, 0.25) is 0 Å². The Labute approximate surface area is 111 Å². The molecule has 96 valence electrons. The van der Waals surface area contributed by atoms with E-state index in [-0.39, 0.29) is 0 Å². The van der Waals surface area contributed by atoms with Crippen LogP contribution in [0.5, 0.6) is 0 Å². The van der Waals surface area contributed by atoms with Gasteiger partial charge in [0.1, 0.15) is 0 Å². The first-order valence-electron chi connectivity index (χ1n) is 7.30. The van der Waals surface area contributed by atoms with E-state index >= 15 is 0 Å². The van der Waals surface area contributed by atoms with Crippen LogP contribution in [0.2, 0.25) is 19.9 Å². The molecule has 0 aromatic rings. The molecule has 0 bridgehead atoms. The second kappa shape index (κ2) is 4.70. The van der Waals surface area contributed by atoms with Crippen LogP contribution in [0.3, 0.4) is 0 Å². The van der Waals surface area contributed by atoms with E-state index in [4.69, 9.17) is 0 Å². The predicted octanol–water partition coefficient (Wildman–Crippen LogP) is 5.93. The van der Waals surface area contributed by atoms with Gasteiger partial charge in [0, 0.05) is 0 Å². The van der Waals surface area contributed by atoms with Crippen molar-refractivity contribution in [2.24, 2.45) is 5.92 Å². The molecule has 2 rings (SSSR count). The average Bonchev–Trinajstić information content (AvgIpc) is 2.50. The summed E-state index contributed by atoms with van der Waals surface area (Å²) in [5.41, 5.74) is 7.11. The van der Waals surface area contributed by atoms with E-state index in [2.05, 4.69) is 36.5 Å². The molecule has 0 aromatic carbocycles. The van der Waals surface area contributed by atoms with Crippen LogP contribution in [0.4, 0.5) is 0 Å². The van der Waals surface area contributed by atoms with Gasteiger partial charge in [0.15, 0.2) is 0 Å². The first-order chi connectivity index (χ1) is 7.88. The van der Waals surface area contributed by atoms with Gasteiger partial charge in [-0.05, 0) is 0 Å². The Morgan fingerprint density at radius 2 is 1.88 bits per heavy atom. The summed E-state index contributed by atoms with van der Waals surface area (Å²) in [6.07, 6.45) is 5.56. The molecule has 2 aliphatic rings. The van der Waals surface area contributed by atoms with Crippen LogP contribution in [0.25, 0.3) is 0 Å². The molecule has 17 heavy (non-hydrogen) atoms. The molecule has 0 aromatic heterocycles. The second-order valence-corrected chi connectivity index (χ2v) is 15.5. The Kier molecular flexibility index (Phi) is 3.77. The van der Waals surface area contributed by atoms with Gasteiger partial charge in [-0.3, -0.25) is 0 Å². The van der Waals surface area contributed by atoms with Gasteiger partial charge in [0.05, 0.1) is 0 Å².